The van der Waals surface area contributed by atoms with Crippen molar-refractivity contribution >= 4 is 35.4 Å². The lowest BCUT2D eigenvalue weighted by Crippen LogP contribution is -2.62. The van der Waals surface area contributed by atoms with Gasteiger partial charge in [-0.1, -0.05) is 43.7 Å². The van der Waals surface area contributed by atoms with E-state index < -0.39 is 71.7 Å². The van der Waals surface area contributed by atoms with Gasteiger partial charge in [0.05, 0.1) is 14.2 Å². The summed E-state index contributed by atoms with van der Waals surface area (Å²) in [6, 6.07) is 12.6. The zero-order valence-electron chi connectivity index (χ0n) is 34.4. The van der Waals surface area contributed by atoms with Crippen molar-refractivity contribution in [2.45, 2.75) is 89.1 Å². The van der Waals surface area contributed by atoms with Gasteiger partial charge in [-0.3, -0.25) is 28.8 Å². The number of rotatable bonds is 6. The first-order valence-corrected chi connectivity index (χ1v) is 19.4. The molecule has 3 aromatic rings. The Bertz CT molecular complexity index is 1990. The van der Waals surface area contributed by atoms with Crippen LogP contribution >= 0.6 is 0 Å². The quantitative estimate of drug-likeness (QED) is 0.339. The zero-order valence-corrected chi connectivity index (χ0v) is 34.4. The molecule has 3 N–H and O–H groups in total. The lowest BCUT2D eigenvalue weighted by Gasteiger charge is -2.37. The van der Waals surface area contributed by atoms with Gasteiger partial charge in [-0.15, -0.1) is 0 Å². The molecule has 3 heterocycles. The molecule has 1 saturated heterocycles. The highest BCUT2D eigenvalue weighted by molar-refractivity contribution is 5.98. The number of nitrogens with zero attached hydrogens (tertiary/aromatic N) is 3. The van der Waals surface area contributed by atoms with E-state index in [0.717, 1.165) is 0 Å². The van der Waals surface area contributed by atoms with Gasteiger partial charge in [0.2, 0.25) is 35.4 Å². The van der Waals surface area contributed by atoms with Crippen LogP contribution in [-0.2, 0) is 48.0 Å². The lowest BCUT2D eigenvalue weighted by molar-refractivity contribution is -0.149. The Kier molecular flexibility index (Phi) is 14.0. The van der Waals surface area contributed by atoms with E-state index in [1.54, 1.807) is 66.7 Å². The highest BCUT2D eigenvalue weighted by Crippen LogP contribution is 2.34. The minimum Gasteiger partial charge on any atom is -0.497 e. The van der Waals surface area contributed by atoms with Crippen LogP contribution in [0.15, 0.2) is 66.7 Å². The summed E-state index contributed by atoms with van der Waals surface area (Å²) in [5, 5.41) is 8.38. The van der Waals surface area contributed by atoms with Crippen LogP contribution in [0.3, 0.4) is 0 Å². The second-order valence-corrected chi connectivity index (χ2v) is 14.9. The minimum absolute atomic E-state index is 0.0125. The Morgan fingerprint density at radius 3 is 1.86 bits per heavy atom. The van der Waals surface area contributed by atoms with Crippen LogP contribution in [0.5, 0.6) is 23.0 Å². The molecule has 58 heavy (non-hydrogen) atoms. The molecule has 0 aromatic heterocycles. The summed E-state index contributed by atoms with van der Waals surface area (Å²) in [6.45, 7) is 4.87. The first kappa shape index (κ1) is 43.0. The minimum atomic E-state index is -1.16. The molecular weight excluding hydrogens is 745 g/mol. The second kappa shape index (κ2) is 18.9. The van der Waals surface area contributed by atoms with Gasteiger partial charge in [0.15, 0.2) is 11.5 Å². The van der Waals surface area contributed by atoms with Gasteiger partial charge in [-0.2, -0.15) is 0 Å². The summed E-state index contributed by atoms with van der Waals surface area (Å²) in [4.78, 5) is 89.3. The van der Waals surface area contributed by atoms with E-state index >= 15 is 0 Å². The number of hydrogen-bond donors (Lipinski definition) is 3. The fourth-order valence-corrected chi connectivity index (χ4v) is 7.26. The molecule has 6 atom stereocenters. The molecule has 3 aromatic carbocycles. The number of benzene rings is 3. The van der Waals surface area contributed by atoms with E-state index in [0.29, 0.717) is 46.1 Å². The predicted octanol–water partition coefficient (Wildman–Crippen LogP) is 2.63. The van der Waals surface area contributed by atoms with Crippen molar-refractivity contribution in [2.24, 2.45) is 0 Å². The van der Waals surface area contributed by atoms with Gasteiger partial charge in [-0.25, -0.2) is 0 Å². The molecule has 1 fully saturated rings. The number of hydrogen-bond acceptors (Lipinski definition) is 9. The van der Waals surface area contributed by atoms with Crippen molar-refractivity contribution in [2.75, 3.05) is 35.4 Å². The van der Waals surface area contributed by atoms with Crippen molar-refractivity contribution in [3.8, 4) is 23.0 Å². The number of ether oxygens (including phenoxy) is 3. The van der Waals surface area contributed by atoms with Crippen molar-refractivity contribution in [1.82, 2.24) is 30.7 Å². The van der Waals surface area contributed by atoms with Crippen LogP contribution in [0.4, 0.5) is 0 Å². The first-order chi connectivity index (χ1) is 27.6. The number of carbonyl (C=O) groups excluding carboxylic acids is 6. The van der Waals surface area contributed by atoms with E-state index in [1.807, 2.05) is 6.92 Å². The Morgan fingerprint density at radius 1 is 0.655 bits per heavy atom. The summed E-state index contributed by atoms with van der Waals surface area (Å²) in [5.74, 6) is -1.51. The molecule has 3 aliphatic heterocycles. The average molecular weight is 799 g/mol. The SMILES string of the molecule is CCC[C@H]1NC(=O)[C@@H]2Cc3ccc(OC)c(c3)Oc3ccc(cc3)C[C@@H](C(=O)N2C)N(C)C(=O)[C@H](C)NC(=O)[C@H](Cc2ccc(OC)cc2)N(C)C(=O)[C@H](C)NC1=O. The smallest absolute Gasteiger partial charge is 0.246 e. The molecule has 0 unspecified atom stereocenters. The summed E-state index contributed by atoms with van der Waals surface area (Å²) in [6.07, 6.45) is 0.890. The monoisotopic (exact) mass is 798 g/mol. The van der Waals surface area contributed by atoms with Gasteiger partial charge in [-0.05, 0) is 73.4 Å². The number of methoxy groups -OCH3 is 2. The van der Waals surface area contributed by atoms with E-state index in [9.17, 15) is 28.8 Å². The molecule has 15 nitrogen and oxygen atoms in total. The molecule has 15 heteroatoms. The zero-order chi connectivity index (χ0) is 42.3. The first-order valence-electron chi connectivity index (χ1n) is 19.4. The highest BCUT2D eigenvalue weighted by Gasteiger charge is 2.39. The largest absolute Gasteiger partial charge is 0.497 e. The lowest BCUT2D eigenvalue weighted by atomic mass is 9.98. The third-order valence-electron chi connectivity index (χ3n) is 10.8. The molecule has 310 valence electrons. The Morgan fingerprint density at radius 2 is 1.24 bits per heavy atom. The van der Waals surface area contributed by atoms with Gasteiger partial charge in [0, 0.05) is 40.4 Å². The maximum absolute atomic E-state index is 14.8. The van der Waals surface area contributed by atoms with Crippen LogP contribution in [-0.4, -0.2) is 122 Å². The number of likely N-dealkylation sites (N-methyl/N-ethyl adjacent to an activating group) is 3. The standard InChI is InChI=1S/C43H54N6O9/c1-9-10-32-38(50)44-25(2)41(53)47(4)33(21-27-11-16-30(56-7)17-12-27)39(51)45-26(3)42(54)49(6)35-22-28-13-18-31(19-14-28)58-37-24-29(15-20-36(37)57-8)23-34(40(52)46-32)48(5)43(35)55/h11-20,24-26,32-35H,9-10,21-23H2,1-8H3,(H,44,50)(H,45,51)(H,46,52)/t25-,26-,32+,33-,34-,35-/m0/s1. The normalized spacial score (nSPS) is 23.9. The van der Waals surface area contributed by atoms with Crippen molar-refractivity contribution < 1.29 is 43.0 Å². The summed E-state index contributed by atoms with van der Waals surface area (Å²) in [7, 11) is 7.50. The molecule has 0 saturated carbocycles. The van der Waals surface area contributed by atoms with Gasteiger partial charge < -0.3 is 44.9 Å². The van der Waals surface area contributed by atoms with Crippen LogP contribution in [0.1, 0.15) is 50.3 Å². The highest BCUT2D eigenvalue weighted by atomic mass is 16.5. The molecule has 3 aliphatic rings. The Hall–Kier alpha value is -6.12. The fraction of sp³-hybridized carbons (Fsp3) is 0.442. The number of carbonyl (C=O) groups is 6. The topological polar surface area (TPSA) is 176 Å². The third kappa shape index (κ3) is 9.87. The van der Waals surface area contributed by atoms with Gasteiger partial charge >= 0.3 is 0 Å². The van der Waals surface area contributed by atoms with Gasteiger partial charge in [0.1, 0.15) is 47.8 Å². The maximum atomic E-state index is 14.8. The molecule has 6 amide bonds. The fourth-order valence-electron chi connectivity index (χ4n) is 7.26. The summed E-state index contributed by atoms with van der Waals surface area (Å²) >= 11 is 0. The number of fused-ring (bicyclic) bond motifs is 2. The maximum Gasteiger partial charge on any atom is 0.246 e. The Balaban J connectivity index is 1.60. The average Bonchev–Trinajstić information content (AvgIpc) is 3.22. The van der Waals surface area contributed by atoms with Gasteiger partial charge in [0.25, 0.3) is 0 Å². The summed E-state index contributed by atoms with van der Waals surface area (Å²) in [5.41, 5.74) is 2.04. The molecule has 6 bridgehead atoms. The van der Waals surface area contributed by atoms with Crippen LogP contribution in [0.25, 0.3) is 0 Å². The van der Waals surface area contributed by atoms with E-state index in [1.165, 1.54) is 63.9 Å². The summed E-state index contributed by atoms with van der Waals surface area (Å²) < 4.78 is 17.0. The molecular formula is C43H54N6O9. The Labute approximate surface area is 339 Å². The van der Waals surface area contributed by atoms with Crippen LogP contribution in [0, 0.1) is 0 Å². The molecule has 0 spiro atoms. The van der Waals surface area contributed by atoms with E-state index in [4.69, 9.17) is 14.2 Å². The third-order valence-corrected chi connectivity index (χ3v) is 10.8. The number of amides is 6. The second-order valence-electron chi connectivity index (χ2n) is 14.9. The van der Waals surface area contributed by atoms with Crippen molar-refractivity contribution in [1.29, 1.82) is 0 Å². The van der Waals surface area contributed by atoms with Crippen molar-refractivity contribution in [3.63, 3.8) is 0 Å². The molecule has 6 rings (SSSR count). The van der Waals surface area contributed by atoms with E-state index in [-0.39, 0.29) is 25.7 Å². The van der Waals surface area contributed by atoms with Crippen LogP contribution in [0.2, 0.25) is 0 Å². The van der Waals surface area contributed by atoms with Crippen molar-refractivity contribution in [3.05, 3.63) is 83.4 Å². The number of nitrogens with one attached hydrogen (secondary N) is 3. The predicted molar refractivity (Wildman–Crippen MR) is 215 cm³/mol. The van der Waals surface area contributed by atoms with E-state index in [2.05, 4.69) is 16.0 Å². The molecule has 0 aliphatic carbocycles. The molecule has 0 radical (unpaired) electrons. The van der Waals surface area contributed by atoms with Crippen LogP contribution < -0.4 is 30.2 Å².